The quantitative estimate of drug-likeness (QED) is 0.658. The van der Waals surface area contributed by atoms with Crippen molar-refractivity contribution in [1.82, 2.24) is 5.43 Å². The molecule has 1 atom stereocenters. The third-order valence-corrected chi connectivity index (χ3v) is 3.49. The number of nitrogens with one attached hydrogen (secondary N) is 1. The van der Waals surface area contributed by atoms with Crippen LogP contribution in [-0.2, 0) is 0 Å². The number of hydrogen-bond acceptors (Lipinski definition) is 4. The molecule has 0 amide bonds. The molecule has 0 spiro atoms. The molecule has 1 unspecified atom stereocenters. The zero-order valence-corrected chi connectivity index (χ0v) is 12.4. The molecular weight excluding hydrogens is 295 g/mol. The highest BCUT2D eigenvalue weighted by atomic mass is 35.5. The van der Waals surface area contributed by atoms with Gasteiger partial charge in [0.2, 0.25) is 0 Å². The Balaban J connectivity index is 2.57. The van der Waals surface area contributed by atoms with Gasteiger partial charge in [0.05, 0.1) is 30.8 Å². The lowest BCUT2D eigenvalue weighted by molar-refractivity contribution is 0.377. The molecule has 112 valence electrons. The first-order valence-corrected chi connectivity index (χ1v) is 6.62. The number of hydrogen-bond donors (Lipinski definition) is 2. The van der Waals surface area contributed by atoms with Crippen LogP contribution in [0.25, 0.3) is 0 Å². The van der Waals surface area contributed by atoms with Crippen LogP contribution in [0, 0.1) is 5.82 Å². The van der Waals surface area contributed by atoms with E-state index in [1.807, 2.05) is 6.07 Å². The van der Waals surface area contributed by atoms with Gasteiger partial charge in [0, 0.05) is 0 Å². The molecule has 0 saturated carbocycles. The highest BCUT2D eigenvalue weighted by Crippen LogP contribution is 2.37. The second-order valence-electron chi connectivity index (χ2n) is 4.35. The maximum absolute atomic E-state index is 13.3. The topological polar surface area (TPSA) is 56.5 Å². The first-order chi connectivity index (χ1) is 10.1. The molecule has 0 aromatic heterocycles. The highest BCUT2D eigenvalue weighted by molar-refractivity contribution is 6.30. The van der Waals surface area contributed by atoms with E-state index < -0.39 is 11.9 Å². The lowest BCUT2D eigenvalue weighted by Crippen LogP contribution is -2.29. The van der Waals surface area contributed by atoms with Crippen LogP contribution in [0.5, 0.6) is 11.5 Å². The molecule has 0 fully saturated rings. The summed E-state index contributed by atoms with van der Waals surface area (Å²) in [6.45, 7) is 0. The van der Waals surface area contributed by atoms with Crippen molar-refractivity contribution in [1.29, 1.82) is 0 Å². The predicted octanol–water partition coefficient (Wildman–Crippen LogP) is 3.05. The minimum absolute atomic E-state index is 0.0293. The first-order valence-electron chi connectivity index (χ1n) is 6.24. The normalized spacial score (nSPS) is 12.0. The molecule has 0 aliphatic rings. The van der Waals surface area contributed by atoms with Crippen molar-refractivity contribution < 1.29 is 13.9 Å². The molecule has 3 N–H and O–H groups in total. The van der Waals surface area contributed by atoms with E-state index in [0.717, 1.165) is 0 Å². The van der Waals surface area contributed by atoms with Gasteiger partial charge in [-0.15, -0.1) is 0 Å². The molecule has 0 radical (unpaired) electrons. The predicted molar refractivity (Wildman–Crippen MR) is 80.1 cm³/mol. The standard InChI is InChI=1S/C15H16ClFN2O2/c1-20-12-4-3-5-13(21-2)14(12)15(19-18)9-6-7-11(17)10(16)8-9/h3-8,15,19H,18H2,1-2H3. The summed E-state index contributed by atoms with van der Waals surface area (Å²) < 4.78 is 24.1. The van der Waals surface area contributed by atoms with E-state index in [2.05, 4.69) is 5.43 Å². The fourth-order valence-corrected chi connectivity index (χ4v) is 2.39. The zero-order valence-electron chi connectivity index (χ0n) is 11.7. The molecular formula is C15H16ClFN2O2. The Kier molecular flexibility index (Phi) is 5.01. The summed E-state index contributed by atoms with van der Waals surface area (Å²) in [4.78, 5) is 0. The van der Waals surface area contributed by atoms with Gasteiger partial charge < -0.3 is 9.47 Å². The second kappa shape index (κ2) is 6.76. The summed E-state index contributed by atoms with van der Waals surface area (Å²) in [6, 6.07) is 9.39. The average molecular weight is 311 g/mol. The van der Waals surface area contributed by atoms with Gasteiger partial charge in [-0.05, 0) is 29.8 Å². The number of nitrogens with two attached hydrogens (primary N) is 1. The largest absolute Gasteiger partial charge is 0.496 e. The van der Waals surface area contributed by atoms with Crippen LogP contribution in [0.4, 0.5) is 4.39 Å². The van der Waals surface area contributed by atoms with Gasteiger partial charge in [0.25, 0.3) is 0 Å². The first kappa shape index (κ1) is 15.6. The van der Waals surface area contributed by atoms with E-state index in [-0.39, 0.29) is 5.02 Å². The van der Waals surface area contributed by atoms with Crippen molar-refractivity contribution in [3.8, 4) is 11.5 Å². The second-order valence-corrected chi connectivity index (χ2v) is 4.76. The number of benzene rings is 2. The van der Waals surface area contributed by atoms with Crippen LogP contribution in [-0.4, -0.2) is 14.2 Å². The summed E-state index contributed by atoms with van der Waals surface area (Å²) in [5, 5.41) is 0.0293. The molecule has 2 aromatic carbocycles. The van der Waals surface area contributed by atoms with Crippen molar-refractivity contribution in [3.63, 3.8) is 0 Å². The smallest absolute Gasteiger partial charge is 0.141 e. The van der Waals surface area contributed by atoms with Crippen molar-refractivity contribution in [2.45, 2.75) is 6.04 Å². The molecule has 0 heterocycles. The third-order valence-electron chi connectivity index (χ3n) is 3.20. The van der Waals surface area contributed by atoms with Gasteiger partial charge in [-0.2, -0.15) is 0 Å². The number of halogens is 2. The van der Waals surface area contributed by atoms with Gasteiger partial charge >= 0.3 is 0 Å². The summed E-state index contributed by atoms with van der Waals surface area (Å²) in [5.41, 5.74) is 4.11. The third kappa shape index (κ3) is 3.10. The molecule has 2 rings (SSSR count). The highest BCUT2D eigenvalue weighted by Gasteiger charge is 2.22. The molecule has 0 saturated heterocycles. The van der Waals surface area contributed by atoms with E-state index in [1.54, 1.807) is 32.4 Å². The van der Waals surface area contributed by atoms with Crippen LogP contribution in [0.1, 0.15) is 17.2 Å². The minimum atomic E-state index is -0.483. The van der Waals surface area contributed by atoms with Crippen LogP contribution in [0.15, 0.2) is 36.4 Å². The van der Waals surface area contributed by atoms with Gasteiger partial charge in [-0.1, -0.05) is 23.7 Å². The van der Waals surface area contributed by atoms with Gasteiger partial charge in [0.15, 0.2) is 0 Å². The molecule has 0 aliphatic carbocycles. The Bertz CT molecular complexity index is 615. The monoisotopic (exact) mass is 310 g/mol. The number of ether oxygens (including phenoxy) is 2. The number of hydrazine groups is 1. The Morgan fingerprint density at radius 1 is 1.14 bits per heavy atom. The lowest BCUT2D eigenvalue weighted by Gasteiger charge is -2.22. The van der Waals surface area contributed by atoms with E-state index in [4.69, 9.17) is 26.9 Å². The Hall–Kier alpha value is -1.82. The van der Waals surface area contributed by atoms with Crippen molar-refractivity contribution in [2.75, 3.05) is 14.2 Å². The zero-order chi connectivity index (χ0) is 15.4. The molecule has 4 nitrogen and oxygen atoms in total. The maximum atomic E-state index is 13.3. The molecule has 2 aromatic rings. The van der Waals surface area contributed by atoms with E-state index in [1.165, 1.54) is 12.1 Å². The molecule has 6 heteroatoms. The minimum Gasteiger partial charge on any atom is -0.496 e. The van der Waals surface area contributed by atoms with Gasteiger partial charge in [0.1, 0.15) is 17.3 Å². The van der Waals surface area contributed by atoms with Crippen LogP contribution in [0.3, 0.4) is 0 Å². The van der Waals surface area contributed by atoms with Gasteiger partial charge in [-0.25, -0.2) is 9.82 Å². The van der Waals surface area contributed by atoms with Crippen molar-refractivity contribution in [2.24, 2.45) is 5.84 Å². The number of methoxy groups -OCH3 is 2. The Morgan fingerprint density at radius 3 is 2.24 bits per heavy atom. The number of rotatable bonds is 5. The SMILES string of the molecule is COc1cccc(OC)c1C(NN)c1ccc(F)c(Cl)c1. The molecule has 0 aliphatic heterocycles. The summed E-state index contributed by atoms with van der Waals surface area (Å²) in [5.74, 6) is 6.41. The molecule has 0 bridgehead atoms. The van der Waals surface area contributed by atoms with E-state index >= 15 is 0 Å². The van der Waals surface area contributed by atoms with Crippen molar-refractivity contribution >= 4 is 11.6 Å². The summed E-state index contributed by atoms with van der Waals surface area (Å²) >= 11 is 5.84. The average Bonchev–Trinajstić information content (AvgIpc) is 2.51. The van der Waals surface area contributed by atoms with Crippen molar-refractivity contribution in [3.05, 3.63) is 58.4 Å². The van der Waals surface area contributed by atoms with E-state index in [0.29, 0.717) is 22.6 Å². The van der Waals surface area contributed by atoms with Crippen LogP contribution >= 0.6 is 11.6 Å². The maximum Gasteiger partial charge on any atom is 0.141 e. The fourth-order valence-electron chi connectivity index (χ4n) is 2.20. The van der Waals surface area contributed by atoms with Crippen LogP contribution < -0.4 is 20.7 Å². The summed E-state index contributed by atoms with van der Waals surface area (Å²) in [6.07, 6.45) is 0. The van der Waals surface area contributed by atoms with E-state index in [9.17, 15) is 4.39 Å². The Labute approximate surface area is 127 Å². The lowest BCUT2D eigenvalue weighted by atomic mass is 9.97. The van der Waals surface area contributed by atoms with Crippen LogP contribution in [0.2, 0.25) is 5.02 Å². The van der Waals surface area contributed by atoms with Gasteiger partial charge in [-0.3, -0.25) is 5.84 Å². The molecule has 21 heavy (non-hydrogen) atoms. The summed E-state index contributed by atoms with van der Waals surface area (Å²) in [7, 11) is 3.12. The fraction of sp³-hybridized carbons (Fsp3) is 0.200. The Morgan fingerprint density at radius 2 is 1.76 bits per heavy atom.